The molecule has 18 heavy (non-hydrogen) atoms. The molecular weight excluding hydrogens is 279 g/mol. The van der Waals surface area contributed by atoms with Crippen LogP contribution in [0.4, 0.5) is 4.39 Å². The molecule has 0 saturated heterocycles. The number of halogens is 2. The first-order valence-electron chi connectivity index (χ1n) is 4.92. The maximum atomic E-state index is 13.8. The average molecular weight is 287 g/mol. The van der Waals surface area contributed by atoms with Gasteiger partial charge in [0, 0.05) is 21.8 Å². The molecule has 0 aliphatic rings. The largest absolute Gasteiger partial charge is 0.507 e. The zero-order valence-electron chi connectivity index (χ0n) is 8.97. The molecule has 0 aromatic heterocycles. The maximum Gasteiger partial charge on any atom is 0.261 e. The van der Waals surface area contributed by atoms with E-state index in [2.05, 4.69) is 0 Å². The molecule has 0 radical (unpaired) electrons. The van der Waals surface area contributed by atoms with Crippen LogP contribution in [0.5, 0.6) is 5.75 Å². The summed E-state index contributed by atoms with van der Waals surface area (Å²) in [5.74, 6) is -0.851. The van der Waals surface area contributed by atoms with Crippen LogP contribution in [0, 0.1) is 5.82 Å². The van der Waals surface area contributed by atoms with E-state index in [1.165, 1.54) is 24.3 Å². The summed E-state index contributed by atoms with van der Waals surface area (Å²) in [6.07, 6.45) is 0. The molecule has 0 fully saturated rings. The van der Waals surface area contributed by atoms with Crippen molar-refractivity contribution in [3.63, 3.8) is 0 Å². The van der Waals surface area contributed by atoms with E-state index < -0.39 is 14.9 Å². The van der Waals surface area contributed by atoms with Gasteiger partial charge in [0.2, 0.25) is 0 Å². The molecule has 2 aromatic carbocycles. The lowest BCUT2D eigenvalue weighted by Crippen LogP contribution is -1.93. The predicted octanol–water partition coefficient (Wildman–Crippen LogP) is 3.13. The SMILES string of the molecule is O=S(=O)(Cl)c1ccc(-c2ccccc2O)c(F)c1. The second kappa shape index (κ2) is 4.59. The number of aromatic hydroxyl groups is 1. The van der Waals surface area contributed by atoms with Gasteiger partial charge in [-0.2, -0.15) is 0 Å². The van der Waals surface area contributed by atoms with E-state index >= 15 is 0 Å². The summed E-state index contributed by atoms with van der Waals surface area (Å²) in [5.41, 5.74) is 0.394. The summed E-state index contributed by atoms with van der Waals surface area (Å²) in [6, 6.07) is 9.47. The molecule has 6 heteroatoms. The lowest BCUT2D eigenvalue weighted by Gasteiger charge is -2.06. The van der Waals surface area contributed by atoms with Crippen molar-refractivity contribution in [1.82, 2.24) is 0 Å². The van der Waals surface area contributed by atoms with Crippen molar-refractivity contribution in [2.45, 2.75) is 4.90 Å². The van der Waals surface area contributed by atoms with Crippen LogP contribution in [0.15, 0.2) is 47.4 Å². The Morgan fingerprint density at radius 3 is 2.28 bits per heavy atom. The highest BCUT2D eigenvalue weighted by molar-refractivity contribution is 8.13. The Bertz CT molecular complexity index is 698. The fourth-order valence-electron chi connectivity index (χ4n) is 1.57. The predicted molar refractivity (Wildman–Crippen MR) is 66.5 cm³/mol. The van der Waals surface area contributed by atoms with Crippen LogP contribution in [-0.4, -0.2) is 13.5 Å². The van der Waals surface area contributed by atoms with Crippen LogP contribution < -0.4 is 0 Å². The van der Waals surface area contributed by atoms with Gasteiger partial charge in [-0.15, -0.1) is 0 Å². The molecule has 2 aromatic rings. The first-order valence-corrected chi connectivity index (χ1v) is 7.23. The second-order valence-electron chi connectivity index (χ2n) is 3.60. The number of hydrogen-bond donors (Lipinski definition) is 1. The van der Waals surface area contributed by atoms with Crippen molar-refractivity contribution in [2.75, 3.05) is 0 Å². The minimum Gasteiger partial charge on any atom is -0.507 e. The van der Waals surface area contributed by atoms with Gasteiger partial charge in [-0.05, 0) is 24.3 Å². The summed E-state index contributed by atoms with van der Waals surface area (Å²) in [4.78, 5) is -0.319. The molecule has 0 aliphatic carbocycles. The molecule has 0 saturated carbocycles. The van der Waals surface area contributed by atoms with Crippen LogP contribution in [0.25, 0.3) is 11.1 Å². The molecule has 0 amide bonds. The van der Waals surface area contributed by atoms with Crippen molar-refractivity contribution >= 4 is 19.7 Å². The van der Waals surface area contributed by atoms with Gasteiger partial charge in [0.15, 0.2) is 0 Å². The van der Waals surface area contributed by atoms with E-state index in [1.807, 2.05) is 0 Å². The summed E-state index contributed by atoms with van der Waals surface area (Å²) in [7, 11) is 1.15. The van der Waals surface area contributed by atoms with Crippen molar-refractivity contribution < 1.29 is 17.9 Å². The number of para-hydroxylation sites is 1. The fraction of sp³-hybridized carbons (Fsp3) is 0. The average Bonchev–Trinajstić information content (AvgIpc) is 2.29. The highest BCUT2D eigenvalue weighted by atomic mass is 35.7. The summed E-state index contributed by atoms with van der Waals surface area (Å²) in [6.45, 7) is 0. The van der Waals surface area contributed by atoms with Gasteiger partial charge in [-0.3, -0.25) is 0 Å². The Morgan fingerprint density at radius 1 is 1.06 bits per heavy atom. The fourth-order valence-corrected chi connectivity index (χ4v) is 2.33. The van der Waals surface area contributed by atoms with E-state index in [9.17, 15) is 17.9 Å². The van der Waals surface area contributed by atoms with E-state index in [4.69, 9.17) is 10.7 Å². The number of rotatable bonds is 2. The van der Waals surface area contributed by atoms with Gasteiger partial charge in [-0.25, -0.2) is 12.8 Å². The quantitative estimate of drug-likeness (QED) is 0.863. The summed E-state index contributed by atoms with van der Waals surface area (Å²) >= 11 is 0. The molecule has 0 heterocycles. The standard InChI is InChI=1S/C12H8ClFO3S/c13-18(16,17)8-5-6-9(11(14)7-8)10-3-1-2-4-12(10)15/h1-7,15H. The molecule has 2 rings (SSSR count). The van der Waals surface area contributed by atoms with Gasteiger partial charge in [0.25, 0.3) is 9.05 Å². The first kappa shape index (κ1) is 12.9. The van der Waals surface area contributed by atoms with E-state index in [-0.39, 0.29) is 21.8 Å². The Balaban J connectivity index is 2.59. The Labute approximate surface area is 108 Å². The highest BCUT2D eigenvalue weighted by Crippen LogP contribution is 2.32. The third-order valence-corrected chi connectivity index (χ3v) is 3.77. The molecule has 0 unspecified atom stereocenters. The van der Waals surface area contributed by atoms with Gasteiger partial charge in [0.05, 0.1) is 4.90 Å². The Hall–Kier alpha value is -1.59. The number of phenols is 1. The molecular formula is C12H8ClFO3S. The maximum absolute atomic E-state index is 13.8. The minimum absolute atomic E-state index is 0.0853. The number of hydrogen-bond acceptors (Lipinski definition) is 3. The van der Waals surface area contributed by atoms with Gasteiger partial charge >= 0.3 is 0 Å². The van der Waals surface area contributed by atoms with E-state index in [0.29, 0.717) is 0 Å². The Morgan fingerprint density at radius 2 is 1.72 bits per heavy atom. The van der Waals surface area contributed by atoms with Crippen LogP contribution in [0.1, 0.15) is 0 Å². The first-order chi connectivity index (χ1) is 8.39. The third kappa shape index (κ3) is 2.47. The van der Waals surface area contributed by atoms with E-state index in [0.717, 1.165) is 6.07 Å². The van der Waals surface area contributed by atoms with Crippen molar-refractivity contribution in [2.24, 2.45) is 0 Å². The molecule has 0 atom stereocenters. The van der Waals surface area contributed by atoms with E-state index in [1.54, 1.807) is 12.1 Å². The molecule has 3 nitrogen and oxygen atoms in total. The lowest BCUT2D eigenvalue weighted by molar-refractivity contribution is 0.476. The normalized spacial score (nSPS) is 11.4. The number of benzene rings is 2. The topological polar surface area (TPSA) is 54.4 Å². The minimum atomic E-state index is -3.96. The van der Waals surface area contributed by atoms with Gasteiger partial charge in [0.1, 0.15) is 11.6 Å². The second-order valence-corrected chi connectivity index (χ2v) is 6.16. The monoisotopic (exact) mass is 286 g/mol. The van der Waals surface area contributed by atoms with Crippen molar-refractivity contribution in [1.29, 1.82) is 0 Å². The smallest absolute Gasteiger partial charge is 0.261 e. The van der Waals surface area contributed by atoms with Crippen molar-refractivity contribution in [3.05, 3.63) is 48.3 Å². The van der Waals surface area contributed by atoms with Crippen LogP contribution in [0.3, 0.4) is 0 Å². The van der Waals surface area contributed by atoms with Gasteiger partial charge in [-0.1, -0.05) is 18.2 Å². The summed E-state index contributed by atoms with van der Waals surface area (Å²) in [5, 5.41) is 9.61. The number of phenolic OH excluding ortho intramolecular Hbond substituents is 1. The zero-order valence-corrected chi connectivity index (χ0v) is 10.5. The van der Waals surface area contributed by atoms with Crippen LogP contribution in [-0.2, 0) is 9.05 Å². The van der Waals surface area contributed by atoms with Crippen molar-refractivity contribution in [3.8, 4) is 16.9 Å². The molecule has 0 aliphatic heterocycles. The lowest BCUT2D eigenvalue weighted by atomic mass is 10.0. The van der Waals surface area contributed by atoms with Crippen LogP contribution >= 0.6 is 10.7 Å². The van der Waals surface area contributed by atoms with Gasteiger partial charge < -0.3 is 5.11 Å². The molecule has 0 spiro atoms. The summed E-state index contributed by atoms with van der Waals surface area (Å²) < 4.78 is 35.9. The molecule has 1 N–H and O–H groups in total. The Kier molecular flexibility index (Phi) is 3.28. The van der Waals surface area contributed by atoms with Crippen LogP contribution in [0.2, 0.25) is 0 Å². The molecule has 0 bridgehead atoms. The zero-order chi connectivity index (χ0) is 13.3. The third-order valence-electron chi connectivity index (χ3n) is 2.42. The molecule has 94 valence electrons. The highest BCUT2D eigenvalue weighted by Gasteiger charge is 2.15.